The first kappa shape index (κ1) is 21.7. The SMILES string of the molecule is CSC1(C(=O)N2CCc3ccc(C(F)(F)F)cc3C2)CCC(=NC2CCOCC2)C1. The van der Waals surface area contributed by atoms with Crippen molar-refractivity contribution in [3.8, 4) is 0 Å². The molecule has 1 aromatic rings. The number of fused-ring (bicyclic) bond motifs is 1. The number of nitrogens with zero attached hydrogens (tertiary/aromatic N) is 2. The van der Waals surface area contributed by atoms with E-state index in [0.717, 1.165) is 56.2 Å². The van der Waals surface area contributed by atoms with E-state index in [4.69, 9.17) is 9.73 Å². The predicted octanol–water partition coefficient (Wildman–Crippen LogP) is 4.50. The first-order valence-corrected chi connectivity index (χ1v) is 11.7. The number of ether oxygens (including phenoxy) is 1. The van der Waals surface area contributed by atoms with Crippen LogP contribution >= 0.6 is 11.8 Å². The van der Waals surface area contributed by atoms with Crippen LogP contribution in [0.4, 0.5) is 13.2 Å². The molecule has 8 heteroatoms. The van der Waals surface area contributed by atoms with E-state index >= 15 is 0 Å². The van der Waals surface area contributed by atoms with Crippen molar-refractivity contribution >= 4 is 23.4 Å². The highest BCUT2D eigenvalue weighted by atomic mass is 32.2. The Morgan fingerprint density at radius 1 is 1.23 bits per heavy atom. The minimum absolute atomic E-state index is 0.0373. The molecule has 30 heavy (non-hydrogen) atoms. The van der Waals surface area contributed by atoms with Gasteiger partial charge in [0.1, 0.15) is 0 Å². The summed E-state index contributed by atoms with van der Waals surface area (Å²) in [6, 6.07) is 4.17. The second-order valence-corrected chi connectivity index (χ2v) is 9.56. The first-order valence-electron chi connectivity index (χ1n) is 10.5. The monoisotopic (exact) mass is 440 g/mol. The summed E-state index contributed by atoms with van der Waals surface area (Å²) in [6.45, 7) is 2.26. The van der Waals surface area contributed by atoms with E-state index in [1.54, 1.807) is 22.7 Å². The molecule has 1 saturated heterocycles. The Kier molecular flexibility index (Phi) is 6.17. The van der Waals surface area contributed by atoms with Crippen molar-refractivity contribution in [3.63, 3.8) is 0 Å². The van der Waals surface area contributed by atoms with Gasteiger partial charge in [0.05, 0.1) is 16.4 Å². The average Bonchev–Trinajstić information content (AvgIpc) is 3.16. The van der Waals surface area contributed by atoms with Gasteiger partial charge in [-0.25, -0.2) is 0 Å². The Bertz CT molecular complexity index is 836. The van der Waals surface area contributed by atoms with Gasteiger partial charge < -0.3 is 9.64 Å². The molecule has 1 atom stereocenters. The van der Waals surface area contributed by atoms with E-state index in [0.29, 0.717) is 24.9 Å². The predicted molar refractivity (Wildman–Crippen MR) is 112 cm³/mol. The van der Waals surface area contributed by atoms with Crippen LogP contribution in [0.3, 0.4) is 0 Å². The topological polar surface area (TPSA) is 41.9 Å². The van der Waals surface area contributed by atoms with E-state index in [9.17, 15) is 18.0 Å². The second-order valence-electron chi connectivity index (χ2n) is 8.37. The smallest absolute Gasteiger partial charge is 0.381 e. The van der Waals surface area contributed by atoms with Gasteiger partial charge in [-0.15, -0.1) is 11.8 Å². The fourth-order valence-electron chi connectivity index (χ4n) is 4.67. The van der Waals surface area contributed by atoms with Gasteiger partial charge >= 0.3 is 6.18 Å². The summed E-state index contributed by atoms with van der Waals surface area (Å²) in [7, 11) is 0. The zero-order valence-corrected chi connectivity index (χ0v) is 18.0. The number of halogens is 3. The third-order valence-corrected chi connectivity index (χ3v) is 7.78. The molecule has 1 aliphatic carbocycles. The molecule has 0 N–H and O–H groups in total. The van der Waals surface area contributed by atoms with Crippen molar-refractivity contribution in [2.24, 2.45) is 4.99 Å². The summed E-state index contributed by atoms with van der Waals surface area (Å²) in [6.07, 6.45) is 2.20. The number of carbonyl (C=O) groups excluding carboxylic acids is 1. The minimum Gasteiger partial charge on any atom is -0.381 e. The maximum Gasteiger partial charge on any atom is 0.416 e. The lowest BCUT2D eigenvalue weighted by atomic mass is 9.95. The number of rotatable bonds is 3. The molecule has 0 aromatic heterocycles. The van der Waals surface area contributed by atoms with Gasteiger partial charge in [-0.2, -0.15) is 13.2 Å². The molecule has 2 heterocycles. The van der Waals surface area contributed by atoms with E-state index in [-0.39, 0.29) is 18.5 Å². The summed E-state index contributed by atoms with van der Waals surface area (Å²) in [5.74, 6) is 0.0373. The van der Waals surface area contributed by atoms with Crippen LogP contribution in [0.2, 0.25) is 0 Å². The summed E-state index contributed by atoms with van der Waals surface area (Å²) in [5, 5.41) is 0. The Morgan fingerprint density at radius 3 is 2.70 bits per heavy atom. The maximum atomic E-state index is 13.5. The van der Waals surface area contributed by atoms with Crippen molar-refractivity contribution in [3.05, 3.63) is 34.9 Å². The van der Waals surface area contributed by atoms with Crippen LogP contribution in [-0.4, -0.2) is 53.3 Å². The quantitative estimate of drug-likeness (QED) is 0.695. The van der Waals surface area contributed by atoms with E-state index < -0.39 is 16.5 Å². The molecule has 2 fully saturated rings. The van der Waals surface area contributed by atoms with Gasteiger partial charge in [0.2, 0.25) is 5.91 Å². The van der Waals surface area contributed by atoms with Crippen LogP contribution in [0.25, 0.3) is 0 Å². The molecule has 2 aliphatic heterocycles. The molecule has 0 spiro atoms. The summed E-state index contributed by atoms with van der Waals surface area (Å²) < 4.78 is 44.2. The Labute approximate surface area is 179 Å². The van der Waals surface area contributed by atoms with Crippen molar-refractivity contribution in [2.45, 2.75) is 62.0 Å². The molecule has 0 bridgehead atoms. The number of thioether (sulfide) groups is 1. The number of hydrogen-bond donors (Lipinski definition) is 0. The lowest BCUT2D eigenvalue weighted by Gasteiger charge is -2.36. The van der Waals surface area contributed by atoms with Gasteiger partial charge in [0.15, 0.2) is 0 Å². The second kappa shape index (κ2) is 8.54. The largest absolute Gasteiger partial charge is 0.416 e. The number of hydrogen-bond acceptors (Lipinski definition) is 4. The van der Waals surface area contributed by atoms with Crippen molar-refractivity contribution in [1.82, 2.24) is 4.90 Å². The summed E-state index contributed by atoms with van der Waals surface area (Å²) in [4.78, 5) is 20.1. The van der Waals surface area contributed by atoms with Gasteiger partial charge in [0, 0.05) is 38.4 Å². The average molecular weight is 441 g/mol. The van der Waals surface area contributed by atoms with Crippen LogP contribution in [0, 0.1) is 0 Å². The first-order chi connectivity index (χ1) is 14.3. The van der Waals surface area contributed by atoms with Gasteiger partial charge in [-0.05, 0) is 61.6 Å². The van der Waals surface area contributed by atoms with Crippen molar-refractivity contribution < 1.29 is 22.7 Å². The minimum atomic E-state index is -4.37. The van der Waals surface area contributed by atoms with E-state index in [1.165, 1.54) is 6.07 Å². The standard InChI is InChI=1S/C22H27F3N2O2S/c1-30-21(8-4-19(13-21)26-18-6-10-29-11-7-18)20(28)27-9-5-15-2-3-17(22(23,24)25)12-16(15)14-27/h2-3,12,18H,4-11,13-14H2,1H3. The van der Waals surface area contributed by atoms with Crippen LogP contribution in [0.5, 0.6) is 0 Å². The molecule has 164 valence electrons. The molecular weight excluding hydrogens is 413 g/mol. The third-order valence-electron chi connectivity index (χ3n) is 6.48. The Morgan fingerprint density at radius 2 is 2.00 bits per heavy atom. The maximum absolute atomic E-state index is 13.5. The number of alkyl halides is 3. The summed E-state index contributed by atoms with van der Waals surface area (Å²) >= 11 is 1.56. The van der Waals surface area contributed by atoms with Crippen LogP contribution in [0.15, 0.2) is 23.2 Å². The molecule has 4 nitrogen and oxygen atoms in total. The van der Waals surface area contributed by atoms with Crippen molar-refractivity contribution in [1.29, 1.82) is 0 Å². The molecule has 1 amide bonds. The Balaban J connectivity index is 1.49. The third kappa shape index (κ3) is 4.40. The fourth-order valence-corrected chi connectivity index (χ4v) is 5.60. The lowest BCUT2D eigenvalue weighted by molar-refractivity contribution is -0.137. The molecule has 4 rings (SSSR count). The molecule has 1 aromatic carbocycles. The molecule has 3 aliphatic rings. The van der Waals surface area contributed by atoms with Crippen LogP contribution in [-0.2, 0) is 28.7 Å². The summed E-state index contributed by atoms with van der Waals surface area (Å²) in [5.41, 5.74) is 1.96. The van der Waals surface area contributed by atoms with E-state index in [2.05, 4.69) is 0 Å². The highest BCUT2D eigenvalue weighted by Crippen LogP contribution is 2.42. The molecule has 1 saturated carbocycles. The number of aliphatic imine (C=N–C) groups is 1. The number of amides is 1. The van der Waals surface area contributed by atoms with Crippen LogP contribution < -0.4 is 0 Å². The molecule has 0 radical (unpaired) electrons. The van der Waals surface area contributed by atoms with Gasteiger partial charge in [-0.3, -0.25) is 9.79 Å². The fraction of sp³-hybridized carbons (Fsp3) is 0.636. The normalized spacial score (nSPS) is 26.8. The Hall–Kier alpha value is -1.54. The highest BCUT2D eigenvalue weighted by Gasteiger charge is 2.46. The highest BCUT2D eigenvalue weighted by molar-refractivity contribution is 8.00. The lowest BCUT2D eigenvalue weighted by Crippen LogP contribution is -2.47. The van der Waals surface area contributed by atoms with Gasteiger partial charge in [0.25, 0.3) is 0 Å². The van der Waals surface area contributed by atoms with E-state index in [1.807, 2.05) is 6.26 Å². The molecule has 1 unspecified atom stereocenters. The van der Waals surface area contributed by atoms with Gasteiger partial charge in [-0.1, -0.05) is 6.07 Å². The number of benzene rings is 1. The molecular formula is C22H27F3N2O2S. The number of carbonyl (C=O) groups is 1. The van der Waals surface area contributed by atoms with Crippen molar-refractivity contribution in [2.75, 3.05) is 26.0 Å². The van der Waals surface area contributed by atoms with Crippen LogP contribution in [0.1, 0.15) is 48.8 Å². The zero-order chi connectivity index (χ0) is 21.4. The zero-order valence-electron chi connectivity index (χ0n) is 17.1.